The van der Waals surface area contributed by atoms with Gasteiger partial charge in [-0.1, -0.05) is 0 Å². The maximum Gasteiger partial charge on any atom is 0.263 e. The number of likely N-dealkylation sites (N-methyl/N-ethyl adjacent to an activating group) is 1. The molecule has 0 saturated heterocycles. The Kier molecular flexibility index (Phi) is 6.12. The lowest BCUT2D eigenvalue weighted by Gasteiger charge is -2.32. The molecule has 2 aliphatic heterocycles. The number of amides is 1. The molecule has 1 amide bonds. The molecule has 32 heavy (non-hydrogen) atoms. The van der Waals surface area contributed by atoms with Crippen molar-refractivity contribution in [1.82, 2.24) is 4.90 Å². The number of anilines is 2. The van der Waals surface area contributed by atoms with Gasteiger partial charge in [-0.15, -0.1) is 0 Å². The maximum absolute atomic E-state index is 13.4. The molecule has 0 aliphatic carbocycles. The fourth-order valence-corrected chi connectivity index (χ4v) is 6.34. The van der Waals surface area contributed by atoms with Crippen LogP contribution in [0.3, 0.4) is 0 Å². The van der Waals surface area contributed by atoms with Gasteiger partial charge in [-0.05, 0) is 72.7 Å². The van der Waals surface area contributed by atoms with Crippen LogP contribution in [0.5, 0.6) is 11.5 Å². The van der Waals surface area contributed by atoms with E-state index in [1.807, 2.05) is 14.1 Å². The molecular formula is C22H26BrN3O5S. The molecule has 172 valence electrons. The summed E-state index contributed by atoms with van der Waals surface area (Å²) in [6, 6.07) is 6.87. The smallest absolute Gasteiger partial charge is 0.263 e. The van der Waals surface area contributed by atoms with Crippen LogP contribution in [-0.4, -0.2) is 59.6 Å². The molecule has 2 aromatic carbocycles. The molecule has 10 heteroatoms. The zero-order valence-corrected chi connectivity index (χ0v) is 20.8. The van der Waals surface area contributed by atoms with E-state index in [1.165, 1.54) is 6.92 Å². The van der Waals surface area contributed by atoms with E-state index in [9.17, 15) is 13.2 Å². The summed E-state index contributed by atoms with van der Waals surface area (Å²) in [5.41, 5.74) is 2.75. The number of carbonyl (C=O) groups excluding carboxylic acids is 1. The highest BCUT2D eigenvalue weighted by Gasteiger charge is 2.31. The highest BCUT2D eigenvalue weighted by atomic mass is 79.9. The number of carbonyl (C=O) groups is 1. The lowest BCUT2D eigenvalue weighted by molar-refractivity contribution is -0.116. The van der Waals surface area contributed by atoms with Gasteiger partial charge in [0, 0.05) is 35.2 Å². The summed E-state index contributed by atoms with van der Waals surface area (Å²) >= 11 is 3.40. The third-order valence-electron chi connectivity index (χ3n) is 5.97. The van der Waals surface area contributed by atoms with Crippen LogP contribution >= 0.6 is 15.9 Å². The van der Waals surface area contributed by atoms with E-state index in [0.29, 0.717) is 53.3 Å². The fourth-order valence-electron chi connectivity index (χ4n) is 4.17. The molecule has 0 radical (unpaired) electrons. The molecule has 2 aliphatic rings. The Hall–Kier alpha value is -2.30. The minimum atomic E-state index is -3.96. The van der Waals surface area contributed by atoms with Crippen LogP contribution in [-0.2, 0) is 27.7 Å². The van der Waals surface area contributed by atoms with E-state index in [2.05, 4.69) is 25.6 Å². The van der Waals surface area contributed by atoms with Crippen molar-refractivity contribution in [3.05, 3.63) is 39.9 Å². The number of ether oxygens (including phenoxy) is 2. The number of nitrogens with zero attached hydrogens (tertiary/aromatic N) is 2. The summed E-state index contributed by atoms with van der Waals surface area (Å²) in [5, 5.41) is 0. The van der Waals surface area contributed by atoms with Crippen LogP contribution in [0, 0.1) is 0 Å². The van der Waals surface area contributed by atoms with Gasteiger partial charge in [0.1, 0.15) is 23.0 Å². The molecule has 0 fully saturated rings. The Morgan fingerprint density at radius 1 is 1.31 bits per heavy atom. The topological polar surface area (TPSA) is 88.2 Å². The van der Waals surface area contributed by atoms with Crippen molar-refractivity contribution in [2.75, 3.05) is 44.0 Å². The van der Waals surface area contributed by atoms with Crippen LogP contribution in [0.15, 0.2) is 33.6 Å². The van der Waals surface area contributed by atoms with Crippen molar-refractivity contribution >= 4 is 43.2 Å². The molecule has 0 aromatic heterocycles. The summed E-state index contributed by atoms with van der Waals surface area (Å²) in [7, 11) is 1.58. The Morgan fingerprint density at radius 2 is 2.06 bits per heavy atom. The Balaban J connectivity index is 1.72. The lowest BCUT2D eigenvalue weighted by atomic mass is 10.00. The van der Waals surface area contributed by atoms with Crippen molar-refractivity contribution in [2.45, 2.75) is 30.7 Å². The zero-order chi connectivity index (χ0) is 23.2. The number of halogens is 1. The van der Waals surface area contributed by atoms with Crippen molar-refractivity contribution in [3.8, 4) is 11.5 Å². The highest BCUT2D eigenvalue weighted by molar-refractivity contribution is 9.10. The first kappa shape index (κ1) is 22.9. The first-order valence-corrected chi connectivity index (χ1v) is 12.5. The quantitative estimate of drug-likeness (QED) is 0.647. The Labute approximate surface area is 196 Å². The maximum atomic E-state index is 13.4. The standard InChI is InChI=1S/C22H26BrN3O5S/c1-13(27)26-8-7-14-9-17(23)21(11-19(14)26)32(28,29)24-18-5-6-20(30-4)16-10-15(25(2)3)12-31-22(16)18/h5-6,9,11,15,24H,7-8,10,12H2,1-4H3/t15-/m1/s1. The summed E-state index contributed by atoms with van der Waals surface area (Å²) in [6.45, 7) is 2.46. The fraction of sp³-hybridized carbons (Fsp3) is 0.409. The van der Waals surface area contributed by atoms with E-state index < -0.39 is 10.0 Å². The van der Waals surface area contributed by atoms with Crippen LogP contribution in [0.1, 0.15) is 18.1 Å². The van der Waals surface area contributed by atoms with Gasteiger partial charge in [0.05, 0.1) is 12.8 Å². The largest absolute Gasteiger partial charge is 0.496 e. The van der Waals surface area contributed by atoms with Gasteiger partial charge in [-0.3, -0.25) is 9.52 Å². The van der Waals surface area contributed by atoms with E-state index in [0.717, 1.165) is 11.1 Å². The lowest BCUT2D eigenvalue weighted by Crippen LogP contribution is -2.38. The predicted molar refractivity (Wildman–Crippen MR) is 126 cm³/mol. The molecule has 0 unspecified atom stereocenters. The third-order valence-corrected chi connectivity index (χ3v) is 8.29. The number of benzene rings is 2. The summed E-state index contributed by atoms with van der Waals surface area (Å²) in [5.74, 6) is 1.02. The molecule has 2 aromatic rings. The molecule has 1 N–H and O–H groups in total. The van der Waals surface area contributed by atoms with E-state index in [1.54, 1.807) is 36.3 Å². The molecular weight excluding hydrogens is 498 g/mol. The minimum Gasteiger partial charge on any atom is -0.496 e. The molecule has 2 heterocycles. The first-order valence-electron chi connectivity index (χ1n) is 10.2. The highest BCUT2D eigenvalue weighted by Crippen LogP contribution is 2.42. The monoisotopic (exact) mass is 523 g/mol. The van der Waals surface area contributed by atoms with Gasteiger partial charge in [0.25, 0.3) is 10.0 Å². The average molecular weight is 524 g/mol. The normalized spacial score (nSPS) is 17.6. The van der Waals surface area contributed by atoms with E-state index in [4.69, 9.17) is 9.47 Å². The van der Waals surface area contributed by atoms with E-state index in [-0.39, 0.29) is 16.8 Å². The number of fused-ring (bicyclic) bond motifs is 2. The van der Waals surface area contributed by atoms with Crippen molar-refractivity contribution in [3.63, 3.8) is 0 Å². The molecule has 8 nitrogen and oxygen atoms in total. The van der Waals surface area contributed by atoms with Crippen LogP contribution in [0.25, 0.3) is 0 Å². The molecule has 0 bridgehead atoms. The first-order chi connectivity index (χ1) is 15.1. The zero-order valence-electron chi connectivity index (χ0n) is 18.4. The van der Waals surface area contributed by atoms with Crippen LogP contribution < -0.4 is 19.1 Å². The molecule has 0 spiro atoms. The Morgan fingerprint density at radius 3 is 2.72 bits per heavy atom. The van der Waals surface area contributed by atoms with E-state index >= 15 is 0 Å². The van der Waals surface area contributed by atoms with Gasteiger partial charge in [0.15, 0.2) is 0 Å². The summed E-state index contributed by atoms with van der Waals surface area (Å²) in [6.07, 6.45) is 1.37. The second-order valence-electron chi connectivity index (χ2n) is 8.19. The minimum absolute atomic E-state index is 0.0657. The summed E-state index contributed by atoms with van der Waals surface area (Å²) in [4.78, 5) is 15.7. The molecule has 4 rings (SSSR count). The van der Waals surface area contributed by atoms with Crippen molar-refractivity contribution < 1.29 is 22.7 Å². The second kappa shape index (κ2) is 8.57. The van der Waals surface area contributed by atoms with Crippen molar-refractivity contribution in [2.24, 2.45) is 0 Å². The number of nitrogens with one attached hydrogen (secondary N) is 1. The number of hydrogen-bond donors (Lipinski definition) is 1. The Bertz CT molecular complexity index is 1180. The average Bonchev–Trinajstić information content (AvgIpc) is 3.15. The number of rotatable bonds is 5. The number of methoxy groups -OCH3 is 1. The number of sulfonamides is 1. The second-order valence-corrected chi connectivity index (χ2v) is 10.7. The van der Waals surface area contributed by atoms with Gasteiger partial charge in [-0.2, -0.15) is 0 Å². The molecule has 0 saturated carbocycles. The number of hydrogen-bond acceptors (Lipinski definition) is 6. The molecule has 1 atom stereocenters. The van der Waals surface area contributed by atoms with Crippen LogP contribution in [0.2, 0.25) is 0 Å². The summed E-state index contributed by atoms with van der Waals surface area (Å²) < 4.78 is 41.4. The van der Waals surface area contributed by atoms with Gasteiger partial charge >= 0.3 is 0 Å². The van der Waals surface area contributed by atoms with Gasteiger partial charge in [-0.25, -0.2) is 8.42 Å². The van der Waals surface area contributed by atoms with Crippen molar-refractivity contribution in [1.29, 1.82) is 0 Å². The SMILES string of the molecule is COc1ccc(NS(=O)(=O)c2cc3c(cc2Br)CCN3C(C)=O)c2c1C[C@@H](N(C)C)CO2. The predicted octanol–water partition coefficient (Wildman–Crippen LogP) is 3.03. The van der Waals surface area contributed by atoms with Gasteiger partial charge in [0.2, 0.25) is 5.91 Å². The van der Waals surface area contributed by atoms with Crippen LogP contribution in [0.4, 0.5) is 11.4 Å². The third kappa shape index (κ3) is 4.06. The van der Waals surface area contributed by atoms with Gasteiger partial charge < -0.3 is 19.3 Å².